The molecule has 2 fully saturated rings. The van der Waals surface area contributed by atoms with Crippen LogP contribution in [0.3, 0.4) is 0 Å². The van der Waals surface area contributed by atoms with E-state index < -0.39 is 5.41 Å². The number of amides is 1. The molecular weight excluding hydrogens is 343 g/mol. The topological polar surface area (TPSA) is 32.3 Å². The van der Waals surface area contributed by atoms with Crippen molar-refractivity contribution in [1.29, 1.82) is 0 Å². The van der Waals surface area contributed by atoms with Gasteiger partial charge in [-0.2, -0.15) is 0 Å². The maximum Gasteiger partial charge on any atom is 0.233 e. The van der Waals surface area contributed by atoms with Gasteiger partial charge in [-0.25, -0.2) is 0 Å². The summed E-state index contributed by atoms with van der Waals surface area (Å²) >= 11 is 6.04. The Labute approximate surface area is 156 Å². The third kappa shape index (κ3) is 3.58. The van der Waals surface area contributed by atoms with Crippen molar-refractivity contribution in [1.82, 2.24) is 10.2 Å². The fourth-order valence-electron chi connectivity index (χ4n) is 4.28. The van der Waals surface area contributed by atoms with E-state index in [1.165, 1.54) is 12.8 Å². The summed E-state index contributed by atoms with van der Waals surface area (Å²) in [6, 6.07) is 8.92. The van der Waals surface area contributed by atoms with Gasteiger partial charge in [-0.05, 0) is 49.8 Å². The number of fused-ring (bicyclic) bond motifs is 2. The number of carbonyl (C=O) groups excluding carboxylic acids is 1. The number of hydrogen-bond donors (Lipinski definition) is 1. The number of nitrogens with zero attached hydrogens (tertiary/aromatic N) is 1. The molecule has 3 nitrogen and oxygen atoms in total. The maximum atomic E-state index is 13.5. The fourth-order valence-corrected chi connectivity index (χ4v) is 4.41. The van der Waals surface area contributed by atoms with Crippen molar-refractivity contribution in [3.05, 3.63) is 34.9 Å². The molecule has 1 aromatic carbocycles. The van der Waals surface area contributed by atoms with Crippen molar-refractivity contribution >= 4 is 29.9 Å². The standard InChI is InChI=1S/C19H27ClN2O.ClH/c1-3-19(4-2,14-5-7-15(20)8-6-14)18(23)22-12-11-16-9-10-17(13-22)21-16;/h5-8,16-17,21H,3-4,9-13H2,1-2H3;1H. The largest absolute Gasteiger partial charge is 0.340 e. The molecule has 0 saturated carbocycles. The van der Waals surface area contributed by atoms with Gasteiger partial charge in [0.15, 0.2) is 0 Å². The van der Waals surface area contributed by atoms with E-state index in [9.17, 15) is 4.79 Å². The Morgan fingerprint density at radius 1 is 1.17 bits per heavy atom. The molecule has 2 unspecified atom stereocenters. The van der Waals surface area contributed by atoms with Crippen LogP contribution in [0.5, 0.6) is 0 Å². The zero-order valence-electron chi connectivity index (χ0n) is 14.6. The van der Waals surface area contributed by atoms with Crippen LogP contribution in [0.25, 0.3) is 0 Å². The molecule has 2 aliphatic rings. The van der Waals surface area contributed by atoms with E-state index in [1.807, 2.05) is 24.3 Å². The highest BCUT2D eigenvalue weighted by molar-refractivity contribution is 6.30. The summed E-state index contributed by atoms with van der Waals surface area (Å²) in [5.74, 6) is 0.291. The van der Waals surface area contributed by atoms with Gasteiger partial charge < -0.3 is 10.2 Å². The first-order chi connectivity index (χ1) is 11.1. The molecule has 2 saturated heterocycles. The molecule has 1 N–H and O–H groups in total. The Hall–Kier alpha value is -0.770. The normalized spacial score (nSPS) is 23.5. The van der Waals surface area contributed by atoms with Crippen molar-refractivity contribution in [2.45, 2.75) is 63.5 Å². The van der Waals surface area contributed by atoms with E-state index in [2.05, 4.69) is 24.1 Å². The quantitative estimate of drug-likeness (QED) is 0.862. The number of carbonyl (C=O) groups is 1. The highest BCUT2D eigenvalue weighted by atomic mass is 35.5. The van der Waals surface area contributed by atoms with E-state index in [4.69, 9.17) is 11.6 Å². The zero-order chi connectivity index (χ0) is 16.4. The number of rotatable bonds is 4. The average molecular weight is 371 g/mol. The number of likely N-dealkylation sites (tertiary alicyclic amines) is 1. The lowest BCUT2D eigenvalue weighted by molar-refractivity contribution is -0.138. The molecule has 1 aromatic rings. The van der Waals surface area contributed by atoms with Crippen LogP contribution in [0.1, 0.15) is 51.5 Å². The molecule has 1 amide bonds. The highest BCUT2D eigenvalue weighted by Crippen LogP contribution is 2.35. The van der Waals surface area contributed by atoms with Crippen LogP contribution in [-0.2, 0) is 10.2 Å². The molecule has 2 aliphatic heterocycles. The summed E-state index contributed by atoms with van der Waals surface area (Å²) in [7, 11) is 0. The minimum Gasteiger partial charge on any atom is -0.340 e. The number of halogens is 2. The first-order valence-corrected chi connectivity index (χ1v) is 9.28. The van der Waals surface area contributed by atoms with Gasteiger partial charge in [-0.3, -0.25) is 4.79 Å². The summed E-state index contributed by atoms with van der Waals surface area (Å²) in [4.78, 5) is 15.6. The molecule has 0 aromatic heterocycles. The summed E-state index contributed by atoms with van der Waals surface area (Å²) in [5, 5.41) is 4.38. The van der Waals surface area contributed by atoms with Crippen molar-refractivity contribution in [2.75, 3.05) is 13.1 Å². The van der Waals surface area contributed by atoms with Gasteiger partial charge in [-0.1, -0.05) is 37.6 Å². The van der Waals surface area contributed by atoms with Crippen molar-refractivity contribution in [3.8, 4) is 0 Å². The van der Waals surface area contributed by atoms with Gasteiger partial charge in [-0.15, -0.1) is 12.4 Å². The smallest absolute Gasteiger partial charge is 0.233 e. The third-order valence-electron chi connectivity index (χ3n) is 5.82. The van der Waals surface area contributed by atoms with Crippen LogP contribution in [0, 0.1) is 0 Å². The second-order valence-electron chi connectivity index (χ2n) is 6.97. The predicted molar refractivity (Wildman–Crippen MR) is 102 cm³/mol. The zero-order valence-corrected chi connectivity index (χ0v) is 16.1. The summed E-state index contributed by atoms with van der Waals surface area (Å²) < 4.78 is 0. The summed E-state index contributed by atoms with van der Waals surface area (Å²) in [5.41, 5.74) is 0.674. The minimum atomic E-state index is -0.422. The second kappa shape index (κ2) is 8.07. The molecule has 2 atom stereocenters. The highest BCUT2D eigenvalue weighted by Gasteiger charge is 2.42. The van der Waals surface area contributed by atoms with Crippen LogP contribution >= 0.6 is 24.0 Å². The molecule has 5 heteroatoms. The van der Waals surface area contributed by atoms with Gasteiger partial charge in [0.05, 0.1) is 5.41 Å². The number of hydrogen-bond acceptors (Lipinski definition) is 2. The lowest BCUT2D eigenvalue weighted by Gasteiger charge is -2.37. The Bertz CT molecular complexity index is 557. The third-order valence-corrected chi connectivity index (χ3v) is 6.08. The maximum absolute atomic E-state index is 13.5. The van der Waals surface area contributed by atoms with Crippen LogP contribution in [0.4, 0.5) is 0 Å². The first kappa shape index (κ1) is 19.6. The lowest BCUT2D eigenvalue weighted by atomic mass is 9.74. The second-order valence-corrected chi connectivity index (χ2v) is 7.41. The Balaban J connectivity index is 0.00000208. The lowest BCUT2D eigenvalue weighted by Crippen LogP contribution is -2.49. The minimum absolute atomic E-state index is 0. The first-order valence-electron chi connectivity index (χ1n) is 8.90. The molecule has 2 bridgehead atoms. The Morgan fingerprint density at radius 3 is 2.42 bits per heavy atom. The van der Waals surface area contributed by atoms with Crippen LogP contribution < -0.4 is 5.32 Å². The molecule has 3 rings (SSSR count). The SMILES string of the molecule is CCC(CC)(C(=O)N1CCC2CCC(C1)N2)c1ccc(Cl)cc1.Cl. The molecular formula is C19H28Cl2N2O. The van der Waals surface area contributed by atoms with Gasteiger partial charge in [0.2, 0.25) is 5.91 Å². The molecule has 134 valence electrons. The van der Waals surface area contributed by atoms with Crippen LogP contribution in [-0.4, -0.2) is 36.0 Å². The molecule has 0 aliphatic carbocycles. The van der Waals surface area contributed by atoms with Crippen molar-refractivity contribution in [3.63, 3.8) is 0 Å². The Kier molecular flexibility index (Phi) is 6.58. The number of nitrogens with one attached hydrogen (secondary N) is 1. The molecule has 0 radical (unpaired) electrons. The van der Waals surface area contributed by atoms with Crippen molar-refractivity contribution < 1.29 is 4.79 Å². The fraction of sp³-hybridized carbons (Fsp3) is 0.632. The number of benzene rings is 1. The van der Waals surface area contributed by atoms with Crippen LogP contribution in [0.2, 0.25) is 5.02 Å². The van der Waals surface area contributed by atoms with E-state index in [0.717, 1.165) is 42.9 Å². The van der Waals surface area contributed by atoms with Gasteiger partial charge in [0, 0.05) is 30.2 Å². The predicted octanol–water partition coefficient (Wildman–Crippen LogP) is 4.17. The monoisotopic (exact) mass is 370 g/mol. The molecule has 0 spiro atoms. The van der Waals surface area contributed by atoms with E-state index in [-0.39, 0.29) is 12.4 Å². The van der Waals surface area contributed by atoms with Gasteiger partial charge in [0.25, 0.3) is 0 Å². The Morgan fingerprint density at radius 2 is 1.79 bits per heavy atom. The van der Waals surface area contributed by atoms with E-state index >= 15 is 0 Å². The van der Waals surface area contributed by atoms with Gasteiger partial charge in [0.1, 0.15) is 0 Å². The van der Waals surface area contributed by atoms with Crippen molar-refractivity contribution in [2.24, 2.45) is 0 Å². The summed E-state index contributed by atoms with van der Waals surface area (Å²) in [6.07, 6.45) is 5.17. The average Bonchev–Trinajstić information content (AvgIpc) is 2.89. The van der Waals surface area contributed by atoms with Gasteiger partial charge >= 0.3 is 0 Å². The molecule has 2 heterocycles. The van der Waals surface area contributed by atoms with Crippen LogP contribution in [0.15, 0.2) is 24.3 Å². The van der Waals surface area contributed by atoms with E-state index in [1.54, 1.807) is 0 Å². The summed E-state index contributed by atoms with van der Waals surface area (Å²) in [6.45, 7) is 5.98. The molecule has 24 heavy (non-hydrogen) atoms. The van der Waals surface area contributed by atoms with E-state index in [0.29, 0.717) is 18.0 Å².